The number of carbonyl (C=O) groups excluding carboxylic acids is 2. The van der Waals surface area contributed by atoms with Crippen molar-refractivity contribution in [2.75, 3.05) is 0 Å². The number of tetrazole rings is 1. The number of aromatic amines is 1. The van der Waals surface area contributed by atoms with E-state index in [0.29, 0.717) is 30.6 Å². The summed E-state index contributed by atoms with van der Waals surface area (Å²) in [4.78, 5) is 37.8. The van der Waals surface area contributed by atoms with Gasteiger partial charge in [-0.05, 0) is 46.4 Å². The Morgan fingerprint density at radius 2 is 1.77 bits per heavy atom. The van der Waals surface area contributed by atoms with Crippen LogP contribution in [0.4, 0.5) is 0 Å². The van der Waals surface area contributed by atoms with Gasteiger partial charge >= 0.3 is 5.69 Å². The second-order valence-electron chi connectivity index (χ2n) is 8.39. The highest BCUT2D eigenvalue weighted by atomic mass is 16.2. The SMILES string of the molecule is CCCCc1c(C=O)n(C(=O)CCC)c(=O)n1Cc1ccc(-c2ccccc2-c2nnn[nH]2)cc1. The van der Waals surface area contributed by atoms with E-state index in [0.717, 1.165) is 39.7 Å². The molecule has 0 atom stereocenters. The molecule has 0 aliphatic heterocycles. The van der Waals surface area contributed by atoms with Crippen LogP contribution in [-0.4, -0.2) is 42.0 Å². The molecule has 0 fully saturated rings. The molecule has 0 saturated heterocycles. The van der Waals surface area contributed by atoms with Crippen LogP contribution in [0.3, 0.4) is 0 Å². The molecule has 0 unspecified atom stereocenters. The summed E-state index contributed by atoms with van der Waals surface area (Å²) in [5.41, 5.74) is 4.05. The summed E-state index contributed by atoms with van der Waals surface area (Å²) in [6.45, 7) is 4.20. The first-order chi connectivity index (χ1) is 17.1. The van der Waals surface area contributed by atoms with Crippen LogP contribution >= 0.6 is 0 Å². The molecule has 1 N–H and O–H groups in total. The molecule has 180 valence electrons. The Hall–Kier alpha value is -4.14. The molecular formula is C26H28N6O3. The van der Waals surface area contributed by atoms with Crippen LogP contribution in [-0.2, 0) is 13.0 Å². The van der Waals surface area contributed by atoms with Gasteiger partial charge in [0, 0.05) is 12.0 Å². The number of hydrogen-bond donors (Lipinski definition) is 1. The molecule has 2 heterocycles. The van der Waals surface area contributed by atoms with Gasteiger partial charge in [0.25, 0.3) is 0 Å². The van der Waals surface area contributed by atoms with Crippen molar-refractivity contribution in [2.24, 2.45) is 0 Å². The van der Waals surface area contributed by atoms with Crippen LogP contribution in [0, 0.1) is 0 Å². The van der Waals surface area contributed by atoms with Gasteiger partial charge < -0.3 is 0 Å². The second-order valence-corrected chi connectivity index (χ2v) is 8.39. The Bertz CT molecular complexity index is 1370. The van der Waals surface area contributed by atoms with Crippen LogP contribution in [0.25, 0.3) is 22.5 Å². The van der Waals surface area contributed by atoms with Crippen LogP contribution in [0.1, 0.15) is 66.1 Å². The van der Waals surface area contributed by atoms with Crippen molar-refractivity contribution in [1.82, 2.24) is 29.8 Å². The summed E-state index contributed by atoms with van der Waals surface area (Å²) in [6, 6.07) is 15.7. The number of benzene rings is 2. The molecule has 2 aromatic carbocycles. The molecule has 9 heteroatoms. The van der Waals surface area contributed by atoms with E-state index in [1.807, 2.05) is 62.4 Å². The average molecular weight is 473 g/mol. The maximum atomic E-state index is 13.2. The predicted molar refractivity (Wildman–Crippen MR) is 132 cm³/mol. The van der Waals surface area contributed by atoms with Gasteiger partial charge in [-0.25, -0.2) is 14.5 Å². The summed E-state index contributed by atoms with van der Waals surface area (Å²) in [7, 11) is 0. The normalized spacial score (nSPS) is 11.0. The van der Waals surface area contributed by atoms with Crippen molar-refractivity contribution in [1.29, 1.82) is 0 Å². The Balaban J connectivity index is 1.69. The minimum absolute atomic E-state index is 0.174. The molecule has 4 rings (SSSR count). The highest BCUT2D eigenvalue weighted by Gasteiger charge is 2.23. The highest BCUT2D eigenvalue weighted by molar-refractivity contribution is 5.87. The van der Waals surface area contributed by atoms with Crippen molar-refractivity contribution in [3.8, 4) is 22.5 Å². The number of nitrogens with one attached hydrogen (secondary N) is 1. The molecule has 0 aliphatic carbocycles. The van der Waals surface area contributed by atoms with Gasteiger partial charge in [-0.2, -0.15) is 0 Å². The first kappa shape index (κ1) is 24.0. The zero-order valence-corrected chi connectivity index (χ0v) is 19.9. The fraction of sp³-hybridized carbons (Fsp3) is 0.308. The minimum atomic E-state index is -0.455. The van der Waals surface area contributed by atoms with E-state index in [1.165, 1.54) is 0 Å². The smallest absolute Gasteiger partial charge is 0.296 e. The number of aromatic nitrogens is 6. The molecule has 0 saturated carbocycles. The molecule has 0 bridgehead atoms. The van der Waals surface area contributed by atoms with E-state index < -0.39 is 5.69 Å². The number of unbranched alkanes of at least 4 members (excludes halogenated alkanes) is 1. The van der Waals surface area contributed by atoms with Crippen molar-refractivity contribution in [3.05, 3.63) is 76.0 Å². The molecule has 4 aromatic rings. The zero-order chi connectivity index (χ0) is 24.8. The monoisotopic (exact) mass is 472 g/mol. The number of aldehydes is 1. The lowest BCUT2D eigenvalue weighted by Gasteiger charge is -2.10. The van der Waals surface area contributed by atoms with Gasteiger partial charge in [-0.3, -0.25) is 14.2 Å². The van der Waals surface area contributed by atoms with Crippen LogP contribution in [0.2, 0.25) is 0 Å². The first-order valence-corrected chi connectivity index (χ1v) is 11.8. The summed E-state index contributed by atoms with van der Waals surface area (Å²) < 4.78 is 2.62. The third-order valence-corrected chi connectivity index (χ3v) is 6.01. The maximum absolute atomic E-state index is 13.2. The Kier molecular flexibility index (Phi) is 7.45. The summed E-state index contributed by atoms with van der Waals surface area (Å²) in [5, 5.41) is 14.2. The standard InChI is InChI=1S/C26H28N6O3/c1-3-5-11-22-23(17-33)32(24(34)8-4-2)26(35)31(22)16-18-12-14-19(15-13-18)20-9-6-7-10-21(20)25-27-29-30-28-25/h6-7,9-10,12-15,17H,3-5,8,11,16H2,1-2H3,(H,27,28,29,30). The van der Waals surface area contributed by atoms with Gasteiger partial charge in [0.2, 0.25) is 5.91 Å². The van der Waals surface area contributed by atoms with Gasteiger partial charge in [0.1, 0.15) is 5.69 Å². The number of imidazole rings is 1. The molecular weight excluding hydrogens is 444 g/mol. The topological polar surface area (TPSA) is 116 Å². The summed E-state index contributed by atoms with van der Waals surface area (Å²) >= 11 is 0. The van der Waals surface area contributed by atoms with E-state index >= 15 is 0 Å². The minimum Gasteiger partial charge on any atom is -0.296 e. The van der Waals surface area contributed by atoms with Gasteiger partial charge in [-0.15, -0.1) is 5.10 Å². The van der Waals surface area contributed by atoms with Crippen molar-refractivity contribution in [3.63, 3.8) is 0 Å². The molecule has 0 amide bonds. The highest BCUT2D eigenvalue weighted by Crippen LogP contribution is 2.29. The number of rotatable bonds is 10. The lowest BCUT2D eigenvalue weighted by molar-refractivity contribution is 0.0886. The van der Waals surface area contributed by atoms with E-state index in [-0.39, 0.29) is 24.6 Å². The molecule has 0 radical (unpaired) electrons. The van der Waals surface area contributed by atoms with Gasteiger partial charge in [-0.1, -0.05) is 68.8 Å². The van der Waals surface area contributed by atoms with Crippen LogP contribution in [0.15, 0.2) is 53.3 Å². The lowest BCUT2D eigenvalue weighted by Crippen LogP contribution is -2.30. The van der Waals surface area contributed by atoms with E-state index in [2.05, 4.69) is 20.6 Å². The second kappa shape index (κ2) is 10.9. The van der Waals surface area contributed by atoms with Gasteiger partial charge in [0.05, 0.1) is 12.2 Å². The zero-order valence-electron chi connectivity index (χ0n) is 19.9. The molecule has 35 heavy (non-hydrogen) atoms. The number of carbonyl (C=O) groups is 2. The van der Waals surface area contributed by atoms with Crippen molar-refractivity contribution in [2.45, 2.75) is 52.5 Å². The number of nitrogens with zero attached hydrogens (tertiary/aromatic N) is 5. The average Bonchev–Trinajstić information content (AvgIpc) is 3.50. The predicted octanol–water partition coefficient (Wildman–Crippen LogP) is 4.14. The lowest BCUT2D eigenvalue weighted by atomic mass is 9.98. The van der Waals surface area contributed by atoms with E-state index in [4.69, 9.17) is 0 Å². The maximum Gasteiger partial charge on any atom is 0.336 e. The molecule has 0 aliphatic rings. The van der Waals surface area contributed by atoms with Crippen molar-refractivity contribution >= 4 is 12.2 Å². The quantitative estimate of drug-likeness (QED) is 0.347. The number of hydrogen-bond acceptors (Lipinski definition) is 6. The van der Waals surface area contributed by atoms with Crippen LogP contribution in [0.5, 0.6) is 0 Å². The fourth-order valence-corrected chi connectivity index (χ4v) is 4.25. The largest absolute Gasteiger partial charge is 0.336 e. The summed E-state index contributed by atoms with van der Waals surface area (Å²) in [6.07, 6.45) is 3.74. The molecule has 9 nitrogen and oxygen atoms in total. The third kappa shape index (κ3) is 4.89. The number of H-pyrrole nitrogens is 1. The summed E-state index contributed by atoms with van der Waals surface area (Å²) in [5.74, 6) is 0.237. The van der Waals surface area contributed by atoms with Gasteiger partial charge in [0.15, 0.2) is 12.1 Å². The third-order valence-electron chi connectivity index (χ3n) is 6.01. The van der Waals surface area contributed by atoms with Crippen LogP contribution < -0.4 is 5.69 Å². The van der Waals surface area contributed by atoms with Crippen molar-refractivity contribution < 1.29 is 9.59 Å². The Labute approximate surface area is 202 Å². The molecule has 0 spiro atoms. The Morgan fingerprint density at radius 3 is 2.40 bits per heavy atom. The first-order valence-electron chi connectivity index (χ1n) is 11.8. The van der Waals surface area contributed by atoms with E-state index in [9.17, 15) is 14.4 Å². The fourth-order valence-electron chi connectivity index (χ4n) is 4.25. The molecule has 2 aromatic heterocycles. The Morgan fingerprint density at radius 1 is 1.03 bits per heavy atom. The van der Waals surface area contributed by atoms with E-state index in [1.54, 1.807) is 4.57 Å².